The van der Waals surface area contributed by atoms with Gasteiger partial charge in [-0.15, -0.1) is 0 Å². The lowest BCUT2D eigenvalue weighted by Gasteiger charge is -2.19. The van der Waals surface area contributed by atoms with E-state index in [9.17, 15) is 0 Å². The van der Waals surface area contributed by atoms with Crippen LogP contribution in [-0.4, -0.2) is 19.4 Å². The molecule has 0 saturated carbocycles. The molecule has 4 heteroatoms. The Morgan fingerprint density at radius 1 is 0.871 bits per heavy atom. The van der Waals surface area contributed by atoms with Gasteiger partial charge < -0.3 is 19.5 Å². The molecule has 1 aliphatic heterocycles. The third-order valence-corrected chi connectivity index (χ3v) is 5.49. The van der Waals surface area contributed by atoms with Crippen molar-refractivity contribution in [2.45, 2.75) is 45.3 Å². The molecule has 0 spiro atoms. The molecule has 1 atom stereocenters. The van der Waals surface area contributed by atoms with E-state index in [4.69, 9.17) is 14.2 Å². The molecule has 3 aromatic carbocycles. The van der Waals surface area contributed by atoms with Crippen LogP contribution in [0.15, 0.2) is 72.8 Å². The molecule has 0 fully saturated rings. The quantitative estimate of drug-likeness (QED) is 0.429. The van der Waals surface area contributed by atoms with Crippen molar-refractivity contribution in [3.05, 3.63) is 89.5 Å². The van der Waals surface area contributed by atoms with Crippen LogP contribution in [0.2, 0.25) is 0 Å². The van der Waals surface area contributed by atoms with Gasteiger partial charge in [-0.2, -0.15) is 0 Å². The van der Waals surface area contributed by atoms with Gasteiger partial charge in [0.05, 0.1) is 6.10 Å². The SMILES string of the molecule is CC(C)Oc1ccc(CNCC[C@@H](Cc2ccccc2)c2ccc3c(c2)OCO3)cc1. The average molecular weight is 418 g/mol. The van der Waals surface area contributed by atoms with Gasteiger partial charge in [0.1, 0.15) is 5.75 Å². The second kappa shape index (κ2) is 10.4. The Bertz CT molecular complexity index is 954. The van der Waals surface area contributed by atoms with Crippen LogP contribution < -0.4 is 19.5 Å². The molecular formula is C27H31NO3. The van der Waals surface area contributed by atoms with E-state index in [2.05, 4.69) is 59.9 Å². The Labute approximate surface area is 185 Å². The summed E-state index contributed by atoms with van der Waals surface area (Å²) in [7, 11) is 0. The molecule has 0 aromatic heterocycles. The summed E-state index contributed by atoms with van der Waals surface area (Å²) in [6, 6.07) is 25.4. The smallest absolute Gasteiger partial charge is 0.231 e. The van der Waals surface area contributed by atoms with Crippen molar-refractivity contribution >= 4 is 0 Å². The normalized spacial score (nSPS) is 13.4. The van der Waals surface area contributed by atoms with Crippen LogP contribution in [0.25, 0.3) is 0 Å². The summed E-state index contributed by atoms with van der Waals surface area (Å²) < 4.78 is 16.8. The van der Waals surface area contributed by atoms with Gasteiger partial charge in [0, 0.05) is 6.54 Å². The maximum absolute atomic E-state index is 5.72. The first-order valence-corrected chi connectivity index (χ1v) is 11.1. The highest BCUT2D eigenvalue weighted by atomic mass is 16.7. The third-order valence-electron chi connectivity index (χ3n) is 5.49. The molecule has 4 nitrogen and oxygen atoms in total. The molecule has 162 valence electrons. The number of benzene rings is 3. The van der Waals surface area contributed by atoms with Crippen LogP contribution in [0, 0.1) is 0 Å². The fourth-order valence-electron chi connectivity index (χ4n) is 3.92. The number of nitrogens with one attached hydrogen (secondary N) is 1. The minimum Gasteiger partial charge on any atom is -0.491 e. The van der Waals surface area contributed by atoms with Crippen molar-refractivity contribution < 1.29 is 14.2 Å². The molecular weight excluding hydrogens is 386 g/mol. The van der Waals surface area contributed by atoms with E-state index in [0.717, 1.165) is 43.2 Å². The molecule has 0 unspecified atom stereocenters. The Kier molecular flexibility index (Phi) is 7.11. The van der Waals surface area contributed by atoms with Crippen molar-refractivity contribution in [1.29, 1.82) is 0 Å². The second-order valence-corrected chi connectivity index (χ2v) is 8.28. The zero-order valence-corrected chi connectivity index (χ0v) is 18.3. The Morgan fingerprint density at radius 3 is 2.42 bits per heavy atom. The van der Waals surface area contributed by atoms with E-state index >= 15 is 0 Å². The summed E-state index contributed by atoms with van der Waals surface area (Å²) in [6.45, 7) is 6.19. The Morgan fingerprint density at radius 2 is 1.65 bits per heavy atom. The summed E-state index contributed by atoms with van der Waals surface area (Å²) in [5.74, 6) is 3.02. The molecule has 0 aliphatic carbocycles. The predicted molar refractivity (Wildman–Crippen MR) is 124 cm³/mol. The van der Waals surface area contributed by atoms with Gasteiger partial charge in [0.2, 0.25) is 6.79 Å². The Balaban J connectivity index is 1.36. The van der Waals surface area contributed by atoms with Crippen LogP contribution in [0.3, 0.4) is 0 Å². The fourth-order valence-corrected chi connectivity index (χ4v) is 3.92. The van der Waals surface area contributed by atoms with Crippen molar-refractivity contribution in [3.8, 4) is 17.2 Å². The average Bonchev–Trinajstić information content (AvgIpc) is 3.25. The van der Waals surface area contributed by atoms with Gasteiger partial charge in [0.15, 0.2) is 11.5 Å². The number of ether oxygens (including phenoxy) is 3. The van der Waals surface area contributed by atoms with E-state index < -0.39 is 0 Å². The standard InChI is InChI=1S/C27H31NO3/c1-20(2)31-25-11-8-22(9-12-25)18-28-15-14-24(16-21-6-4-3-5-7-21)23-10-13-26-27(17-23)30-19-29-26/h3-13,17,20,24,28H,14-16,18-19H2,1-2H3/t24-/m0/s1. The van der Waals surface area contributed by atoms with Crippen molar-refractivity contribution in [3.63, 3.8) is 0 Å². The Hall–Kier alpha value is -2.98. The van der Waals surface area contributed by atoms with E-state index in [-0.39, 0.29) is 6.10 Å². The van der Waals surface area contributed by atoms with E-state index in [1.54, 1.807) is 0 Å². The van der Waals surface area contributed by atoms with Crippen LogP contribution in [0.4, 0.5) is 0 Å². The van der Waals surface area contributed by atoms with Crippen LogP contribution in [0.5, 0.6) is 17.2 Å². The summed E-state index contributed by atoms with van der Waals surface area (Å²) in [6.07, 6.45) is 2.24. The molecule has 0 bridgehead atoms. The first-order valence-electron chi connectivity index (χ1n) is 11.1. The first-order chi connectivity index (χ1) is 15.2. The highest BCUT2D eigenvalue weighted by molar-refractivity contribution is 5.45. The van der Waals surface area contributed by atoms with E-state index in [0.29, 0.717) is 12.7 Å². The van der Waals surface area contributed by atoms with Gasteiger partial charge in [-0.05, 0) is 80.1 Å². The third kappa shape index (κ3) is 6.02. The maximum Gasteiger partial charge on any atom is 0.231 e. The molecule has 31 heavy (non-hydrogen) atoms. The molecule has 1 N–H and O–H groups in total. The topological polar surface area (TPSA) is 39.7 Å². The molecule has 1 aliphatic rings. The largest absolute Gasteiger partial charge is 0.491 e. The summed E-state index contributed by atoms with van der Waals surface area (Å²) in [5, 5.41) is 3.60. The fraction of sp³-hybridized carbons (Fsp3) is 0.333. The van der Waals surface area contributed by atoms with Crippen LogP contribution in [0.1, 0.15) is 42.9 Å². The summed E-state index contributed by atoms with van der Waals surface area (Å²) in [5.41, 5.74) is 3.91. The summed E-state index contributed by atoms with van der Waals surface area (Å²) in [4.78, 5) is 0. The number of fused-ring (bicyclic) bond motifs is 1. The van der Waals surface area contributed by atoms with Gasteiger partial charge in [-0.25, -0.2) is 0 Å². The lowest BCUT2D eigenvalue weighted by molar-refractivity contribution is 0.174. The monoisotopic (exact) mass is 417 g/mol. The molecule has 0 saturated heterocycles. The highest BCUT2D eigenvalue weighted by Crippen LogP contribution is 2.36. The number of rotatable bonds is 10. The molecule has 4 rings (SSSR count). The summed E-state index contributed by atoms with van der Waals surface area (Å²) >= 11 is 0. The lowest BCUT2D eigenvalue weighted by atomic mass is 9.89. The van der Waals surface area contributed by atoms with Crippen molar-refractivity contribution in [2.24, 2.45) is 0 Å². The van der Waals surface area contributed by atoms with Gasteiger partial charge in [-0.3, -0.25) is 0 Å². The zero-order valence-electron chi connectivity index (χ0n) is 18.3. The predicted octanol–water partition coefficient (Wildman–Crippen LogP) is 5.71. The molecule has 0 radical (unpaired) electrons. The maximum atomic E-state index is 5.72. The number of hydrogen-bond acceptors (Lipinski definition) is 4. The molecule has 0 amide bonds. The molecule has 1 heterocycles. The van der Waals surface area contributed by atoms with Crippen molar-refractivity contribution in [2.75, 3.05) is 13.3 Å². The van der Waals surface area contributed by atoms with Crippen LogP contribution in [-0.2, 0) is 13.0 Å². The number of hydrogen-bond donors (Lipinski definition) is 1. The van der Waals surface area contributed by atoms with E-state index in [1.807, 2.05) is 32.0 Å². The van der Waals surface area contributed by atoms with Gasteiger partial charge >= 0.3 is 0 Å². The van der Waals surface area contributed by atoms with Gasteiger partial charge in [-0.1, -0.05) is 48.5 Å². The van der Waals surface area contributed by atoms with E-state index in [1.165, 1.54) is 16.7 Å². The minimum atomic E-state index is 0.196. The zero-order chi connectivity index (χ0) is 21.5. The second-order valence-electron chi connectivity index (χ2n) is 8.28. The lowest BCUT2D eigenvalue weighted by Crippen LogP contribution is -2.18. The van der Waals surface area contributed by atoms with Gasteiger partial charge in [0.25, 0.3) is 0 Å². The highest BCUT2D eigenvalue weighted by Gasteiger charge is 2.18. The van der Waals surface area contributed by atoms with Crippen molar-refractivity contribution in [1.82, 2.24) is 5.32 Å². The minimum absolute atomic E-state index is 0.196. The first kappa shape index (κ1) is 21.3. The molecule has 3 aromatic rings. The van der Waals surface area contributed by atoms with Crippen LogP contribution >= 0.6 is 0 Å².